The Hall–Kier alpha value is -0.000000000000000111. The van der Waals surface area contributed by atoms with Gasteiger partial charge in [0.2, 0.25) is 0 Å². The Bertz CT molecular complexity index is 492. The number of hydrogen-bond donors (Lipinski definition) is 1. The van der Waals surface area contributed by atoms with Gasteiger partial charge in [0.1, 0.15) is 0 Å². The largest absolute Gasteiger partial charge is 0.381 e. The number of hydrogen-bond acceptors (Lipinski definition) is 2. The highest BCUT2D eigenvalue weighted by molar-refractivity contribution is 14.1. The quantitative estimate of drug-likeness (QED) is 0.705. The SMILES string of the molecule is CC(C)N1CC2CCCC(C1)C2Nc1ccc(Cl)cc1I. The van der Waals surface area contributed by atoms with E-state index in [1.165, 1.54) is 41.6 Å². The standard InChI is InChI=1S/C17H24ClIN2/c1-11(2)21-9-12-4-3-5-13(10-21)17(12)20-16-7-6-14(18)8-15(16)19/h6-8,11-13,17,20H,3-5,9-10H2,1-2H3. The molecule has 2 aliphatic rings. The summed E-state index contributed by atoms with van der Waals surface area (Å²) in [6, 6.07) is 7.47. The lowest BCUT2D eigenvalue weighted by Gasteiger charge is -2.49. The normalized spacial score (nSPS) is 29.7. The van der Waals surface area contributed by atoms with E-state index in [1.54, 1.807) is 0 Å². The molecule has 2 nitrogen and oxygen atoms in total. The summed E-state index contributed by atoms with van der Waals surface area (Å²) in [5.74, 6) is 1.57. The van der Waals surface area contributed by atoms with Crippen LogP contribution in [0.3, 0.4) is 0 Å². The van der Waals surface area contributed by atoms with Crippen LogP contribution in [0, 0.1) is 15.4 Å². The Morgan fingerprint density at radius 1 is 1.24 bits per heavy atom. The summed E-state index contributed by atoms with van der Waals surface area (Å²) in [4.78, 5) is 2.67. The van der Waals surface area contributed by atoms with E-state index in [2.05, 4.69) is 52.7 Å². The maximum Gasteiger partial charge on any atom is 0.0479 e. The van der Waals surface area contributed by atoms with E-state index >= 15 is 0 Å². The summed E-state index contributed by atoms with van der Waals surface area (Å²) in [6.07, 6.45) is 4.13. The minimum Gasteiger partial charge on any atom is -0.381 e. The van der Waals surface area contributed by atoms with Gasteiger partial charge >= 0.3 is 0 Å². The summed E-state index contributed by atoms with van der Waals surface area (Å²) in [5.41, 5.74) is 1.25. The molecule has 3 rings (SSSR count). The Morgan fingerprint density at radius 2 is 1.90 bits per heavy atom. The molecule has 1 N–H and O–H groups in total. The third-order valence-electron chi connectivity index (χ3n) is 5.09. The van der Waals surface area contributed by atoms with Crippen LogP contribution in [-0.4, -0.2) is 30.1 Å². The number of anilines is 1. The van der Waals surface area contributed by atoms with Gasteiger partial charge in [0.15, 0.2) is 0 Å². The first-order valence-corrected chi connectivity index (χ1v) is 9.46. The van der Waals surface area contributed by atoms with Gasteiger partial charge in [-0.2, -0.15) is 0 Å². The second-order valence-electron chi connectivity index (χ2n) is 6.79. The van der Waals surface area contributed by atoms with Crippen LogP contribution < -0.4 is 5.32 Å². The van der Waals surface area contributed by atoms with Gasteiger partial charge in [-0.05, 0) is 79.3 Å². The van der Waals surface area contributed by atoms with Crippen molar-refractivity contribution in [2.75, 3.05) is 18.4 Å². The van der Waals surface area contributed by atoms with Crippen molar-refractivity contribution in [3.63, 3.8) is 0 Å². The van der Waals surface area contributed by atoms with Crippen molar-refractivity contribution in [1.29, 1.82) is 0 Å². The summed E-state index contributed by atoms with van der Waals surface area (Å²) in [7, 11) is 0. The van der Waals surface area contributed by atoms with Crippen LogP contribution in [0.5, 0.6) is 0 Å². The lowest BCUT2D eigenvalue weighted by molar-refractivity contribution is 0.0518. The zero-order valence-corrected chi connectivity index (χ0v) is 15.7. The van der Waals surface area contributed by atoms with Crippen molar-refractivity contribution in [1.82, 2.24) is 4.90 Å². The Balaban J connectivity index is 1.76. The highest BCUT2D eigenvalue weighted by atomic mass is 127. The molecule has 2 fully saturated rings. The summed E-state index contributed by atoms with van der Waals surface area (Å²) in [6.45, 7) is 7.14. The molecule has 0 radical (unpaired) electrons. The van der Waals surface area contributed by atoms with Crippen LogP contribution in [0.15, 0.2) is 18.2 Å². The first kappa shape index (κ1) is 15.9. The van der Waals surface area contributed by atoms with Crippen molar-refractivity contribution < 1.29 is 0 Å². The molecular formula is C17H24ClIN2. The van der Waals surface area contributed by atoms with Crippen LogP contribution in [0.2, 0.25) is 5.02 Å². The van der Waals surface area contributed by atoms with Crippen molar-refractivity contribution in [3.8, 4) is 0 Å². The molecule has 1 aliphatic heterocycles. The average Bonchev–Trinajstić information content (AvgIpc) is 2.41. The minimum absolute atomic E-state index is 0.628. The topological polar surface area (TPSA) is 15.3 Å². The fourth-order valence-corrected chi connectivity index (χ4v) is 4.94. The maximum atomic E-state index is 6.07. The van der Waals surface area contributed by atoms with Crippen LogP contribution in [-0.2, 0) is 0 Å². The Labute approximate surface area is 146 Å². The first-order valence-electron chi connectivity index (χ1n) is 8.00. The minimum atomic E-state index is 0.628. The van der Waals surface area contributed by atoms with Crippen molar-refractivity contribution >= 4 is 39.9 Å². The van der Waals surface area contributed by atoms with E-state index in [4.69, 9.17) is 11.6 Å². The van der Waals surface area contributed by atoms with Gasteiger partial charge in [-0.15, -0.1) is 0 Å². The summed E-state index contributed by atoms with van der Waals surface area (Å²) in [5, 5.41) is 4.66. The zero-order chi connectivity index (χ0) is 15.0. The number of likely N-dealkylation sites (tertiary alicyclic amines) is 1. The molecule has 1 aliphatic carbocycles. The van der Waals surface area contributed by atoms with E-state index < -0.39 is 0 Å². The molecule has 2 atom stereocenters. The molecule has 4 heteroatoms. The zero-order valence-electron chi connectivity index (χ0n) is 12.8. The Kier molecular flexibility index (Phi) is 5.01. The third kappa shape index (κ3) is 3.50. The fraction of sp³-hybridized carbons (Fsp3) is 0.647. The van der Waals surface area contributed by atoms with E-state index in [1.807, 2.05) is 12.1 Å². The summed E-state index contributed by atoms with van der Waals surface area (Å²) < 4.78 is 1.23. The summed E-state index contributed by atoms with van der Waals surface area (Å²) >= 11 is 8.45. The predicted molar refractivity (Wildman–Crippen MR) is 99.1 cm³/mol. The fourth-order valence-electron chi connectivity index (χ4n) is 3.92. The molecule has 0 spiro atoms. The van der Waals surface area contributed by atoms with Gasteiger partial charge in [-0.3, -0.25) is 0 Å². The molecule has 116 valence electrons. The van der Waals surface area contributed by atoms with Gasteiger partial charge < -0.3 is 10.2 Å². The van der Waals surface area contributed by atoms with E-state index in [0.717, 1.165) is 16.9 Å². The third-order valence-corrected chi connectivity index (χ3v) is 6.21. The van der Waals surface area contributed by atoms with E-state index in [-0.39, 0.29) is 0 Å². The number of nitrogens with zero attached hydrogens (tertiary/aromatic N) is 1. The molecule has 0 aromatic heterocycles. The first-order chi connectivity index (χ1) is 10.0. The maximum absolute atomic E-state index is 6.07. The smallest absolute Gasteiger partial charge is 0.0479 e. The van der Waals surface area contributed by atoms with Crippen LogP contribution in [0.25, 0.3) is 0 Å². The predicted octanol–water partition coefficient (Wildman–Crippen LogP) is 4.87. The molecular weight excluding hydrogens is 395 g/mol. The number of fused-ring (bicyclic) bond motifs is 2. The molecule has 21 heavy (non-hydrogen) atoms. The van der Waals surface area contributed by atoms with Gasteiger partial charge in [0.05, 0.1) is 0 Å². The second-order valence-corrected chi connectivity index (χ2v) is 8.39. The molecule has 2 bridgehead atoms. The van der Waals surface area contributed by atoms with Gasteiger partial charge in [0, 0.05) is 39.5 Å². The second kappa shape index (κ2) is 6.63. The van der Waals surface area contributed by atoms with Crippen molar-refractivity contribution in [2.45, 2.75) is 45.2 Å². The van der Waals surface area contributed by atoms with Crippen molar-refractivity contribution in [2.24, 2.45) is 11.8 Å². The molecule has 1 aromatic carbocycles. The van der Waals surface area contributed by atoms with E-state index in [0.29, 0.717) is 12.1 Å². The lowest BCUT2D eigenvalue weighted by atomic mass is 9.73. The van der Waals surface area contributed by atoms with E-state index in [9.17, 15) is 0 Å². The van der Waals surface area contributed by atoms with Crippen molar-refractivity contribution in [3.05, 3.63) is 26.8 Å². The van der Waals surface area contributed by atoms with Crippen LogP contribution >= 0.6 is 34.2 Å². The van der Waals surface area contributed by atoms with Crippen LogP contribution in [0.4, 0.5) is 5.69 Å². The molecule has 1 saturated carbocycles. The number of benzene rings is 1. The molecule has 2 unspecified atom stereocenters. The van der Waals surface area contributed by atoms with Gasteiger partial charge in [-0.25, -0.2) is 0 Å². The lowest BCUT2D eigenvalue weighted by Crippen LogP contribution is -2.56. The highest BCUT2D eigenvalue weighted by Gasteiger charge is 2.40. The highest BCUT2D eigenvalue weighted by Crippen LogP contribution is 2.38. The number of nitrogens with one attached hydrogen (secondary N) is 1. The van der Waals surface area contributed by atoms with Crippen LogP contribution in [0.1, 0.15) is 33.1 Å². The van der Waals surface area contributed by atoms with Gasteiger partial charge in [0.25, 0.3) is 0 Å². The monoisotopic (exact) mass is 418 g/mol. The number of rotatable bonds is 3. The number of piperidine rings is 1. The van der Waals surface area contributed by atoms with Gasteiger partial charge in [-0.1, -0.05) is 18.0 Å². The molecule has 1 aromatic rings. The molecule has 1 saturated heterocycles. The number of halogens is 2. The molecule has 0 amide bonds. The molecule has 1 heterocycles. The Morgan fingerprint density at radius 3 is 2.48 bits per heavy atom. The average molecular weight is 419 g/mol.